The summed E-state index contributed by atoms with van der Waals surface area (Å²) in [6.07, 6.45) is 3.48. The molecular formula is C11H22N2O3S. The topological polar surface area (TPSA) is 66.5 Å². The number of hydrogen-bond donors (Lipinski definition) is 1. The Morgan fingerprint density at radius 2 is 1.94 bits per heavy atom. The van der Waals surface area contributed by atoms with Gasteiger partial charge in [0.2, 0.25) is 15.9 Å². The molecule has 0 unspecified atom stereocenters. The van der Waals surface area contributed by atoms with Crippen molar-refractivity contribution in [3.05, 3.63) is 0 Å². The second kappa shape index (κ2) is 6.35. The fourth-order valence-electron chi connectivity index (χ4n) is 1.92. The van der Waals surface area contributed by atoms with Gasteiger partial charge in [-0.05, 0) is 26.2 Å². The third-order valence-electron chi connectivity index (χ3n) is 2.91. The molecule has 0 bridgehead atoms. The van der Waals surface area contributed by atoms with Crippen LogP contribution in [0, 0.1) is 0 Å². The van der Waals surface area contributed by atoms with Crippen LogP contribution in [0.4, 0.5) is 0 Å². The van der Waals surface area contributed by atoms with Crippen molar-refractivity contribution in [3.8, 4) is 0 Å². The van der Waals surface area contributed by atoms with Crippen LogP contribution in [0.25, 0.3) is 0 Å². The third kappa shape index (κ3) is 4.63. The van der Waals surface area contributed by atoms with Crippen LogP contribution in [0.1, 0.15) is 39.5 Å². The van der Waals surface area contributed by atoms with Gasteiger partial charge in [0.05, 0.1) is 11.8 Å². The number of likely N-dealkylation sites (tertiary alicyclic amines) is 1. The molecule has 0 aromatic heterocycles. The Bertz CT molecular complexity index is 348. The van der Waals surface area contributed by atoms with Gasteiger partial charge in [-0.2, -0.15) is 0 Å². The zero-order chi connectivity index (χ0) is 12.9. The van der Waals surface area contributed by atoms with Crippen LogP contribution in [-0.4, -0.2) is 44.1 Å². The molecule has 1 saturated heterocycles. The summed E-state index contributed by atoms with van der Waals surface area (Å²) in [7, 11) is -3.32. The first-order valence-corrected chi connectivity index (χ1v) is 7.90. The Morgan fingerprint density at radius 1 is 1.35 bits per heavy atom. The summed E-state index contributed by atoms with van der Waals surface area (Å²) in [4.78, 5) is 13.6. The van der Waals surface area contributed by atoms with E-state index in [2.05, 4.69) is 4.72 Å². The molecule has 1 aliphatic rings. The molecular weight excluding hydrogens is 240 g/mol. The van der Waals surface area contributed by atoms with E-state index in [4.69, 9.17) is 0 Å². The first-order chi connectivity index (χ1) is 7.96. The molecule has 5 nitrogen and oxygen atoms in total. The average molecular weight is 262 g/mol. The maximum Gasteiger partial charge on any atom is 0.240 e. The molecule has 0 saturated carbocycles. The maximum absolute atomic E-state index is 11.9. The van der Waals surface area contributed by atoms with E-state index in [1.54, 1.807) is 11.8 Å². The van der Waals surface area contributed by atoms with Crippen molar-refractivity contribution in [1.82, 2.24) is 9.62 Å². The summed E-state index contributed by atoms with van der Waals surface area (Å²) in [5, 5.41) is 0. The fourth-order valence-corrected chi connectivity index (χ4v) is 3.35. The number of hydrogen-bond acceptors (Lipinski definition) is 3. The Balaban J connectivity index is 2.47. The summed E-state index contributed by atoms with van der Waals surface area (Å²) in [5.41, 5.74) is 0. The zero-order valence-corrected chi connectivity index (χ0v) is 11.4. The van der Waals surface area contributed by atoms with Crippen LogP contribution in [0.2, 0.25) is 0 Å². The Kier molecular flexibility index (Phi) is 5.39. The van der Waals surface area contributed by atoms with Crippen LogP contribution in [0.5, 0.6) is 0 Å². The van der Waals surface area contributed by atoms with Crippen molar-refractivity contribution in [2.75, 3.05) is 18.8 Å². The van der Waals surface area contributed by atoms with Crippen molar-refractivity contribution in [2.24, 2.45) is 0 Å². The van der Waals surface area contributed by atoms with Gasteiger partial charge in [0.15, 0.2) is 0 Å². The molecule has 1 aliphatic heterocycles. The number of amides is 1. The van der Waals surface area contributed by atoms with Crippen molar-refractivity contribution in [2.45, 2.75) is 45.6 Å². The highest BCUT2D eigenvalue weighted by atomic mass is 32.2. The van der Waals surface area contributed by atoms with Crippen molar-refractivity contribution in [3.63, 3.8) is 0 Å². The lowest BCUT2D eigenvalue weighted by molar-refractivity contribution is -0.131. The summed E-state index contributed by atoms with van der Waals surface area (Å²) in [6.45, 7) is 5.05. The summed E-state index contributed by atoms with van der Waals surface area (Å²) in [5.74, 6) is -0.0104. The molecule has 1 rings (SSSR count). The van der Waals surface area contributed by atoms with E-state index in [1.165, 1.54) is 0 Å². The SMILES string of the molecule is CCCCS(=O)(=O)N[C@@H](C)C(=O)N1CCCC1. The average Bonchev–Trinajstić information content (AvgIpc) is 2.78. The van der Waals surface area contributed by atoms with Crippen LogP contribution in [-0.2, 0) is 14.8 Å². The molecule has 17 heavy (non-hydrogen) atoms. The zero-order valence-electron chi connectivity index (χ0n) is 10.6. The lowest BCUT2D eigenvalue weighted by Crippen LogP contribution is -2.46. The lowest BCUT2D eigenvalue weighted by atomic mass is 10.3. The van der Waals surface area contributed by atoms with Gasteiger partial charge in [-0.3, -0.25) is 4.79 Å². The van der Waals surface area contributed by atoms with Crippen molar-refractivity contribution in [1.29, 1.82) is 0 Å². The van der Waals surface area contributed by atoms with Gasteiger partial charge in [-0.1, -0.05) is 13.3 Å². The van der Waals surface area contributed by atoms with Gasteiger partial charge in [0.25, 0.3) is 0 Å². The van der Waals surface area contributed by atoms with Gasteiger partial charge < -0.3 is 4.90 Å². The van der Waals surface area contributed by atoms with Crippen LogP contribution < -0.4 is 4.72 Å². The highest BCUT2D eigenvalue weighted by Crippen LogP contribution is 2.09. The Morgan fingerprint density at radius 3 is 2.47 bits per heavy atom. The normalized spacial score (nSPS) is 18.4. The minimum atomic E-state index is -3.32. The molecule has 0 spiro atoms. The van der Waals surface area contributed by atoms with E-state index in [9.17, 15) is 13.2 Å². The van der Waals surface area contributed by atoms with E-state index in [0.29, 0.717) is 6.42 Å². The molecule has 0 aromatic rings. The van der Waals surface area contributed by atoms with E-state index >= 15 is 0 Å². The Labute approximate surface area is 104 Å². The Hall–Kier alpha value is -0.620. The van der Waals surface area contributed by atoms with E-state index in [1.807, 2.05) is 6.92 Å². The van der Waals surface area contributed by atoms with Crippen LogP contribution in [0.15, 0.2) is 0 Å². The number of nitrogens with zero attached hydrogens (tertiary/aromatic N) is 1. The van der Waals surface area contributed by atoms with Gasteiger partial charge in [-0.25, -0.2) is 13.1 Å². The number of sulfonamides is 1. The van der Waals surface area contributed by atoms with Gasteiger partial charge in [-0.15, -0.1) is 0 Å². The predicted molar refractivity (Wildman–Crippen MR) is 67.1 cm³/mol. The first kappa shape index (κ1) is 14.4. The molecule has 100 valence electrons. The molecule has 1 fully saturated rings. The van der Waals surface area contributed by atoms with Crippen molar-refractivity contribution < 1.29 is 13.2 Å². The molecule has 0 radical (unpaired) electrons. The summed E-state index contributed by atoms with van der Waals surface area (Å²) >= 11 is 0. The standard InChI is InChI=1S/C11H22N2O3S/c1-3-4-9-17(15,16)12-10(2)11(14)13-7-5-6-8-13/h10,12H,3-9H2,1-2H3/t10-/m0/s1. The molecule has 0 aromatic carbocycles. The van der Waals surface area contributed by atoms with Crippen molar-refractivity contribution >= 4 is 15.9 Å². The van der Waals surface area contributed by atoms with Gasteiger partial charge in [0.1, 0.15) is 0 Å². The van der Waals surface area contributed by atoms with E-state index < -0.39 is 16.1 Å². The molecule has 1 N–H and O–H groups in total. The second-order valence-electron chi connectivity index (χ2n) is 4.54. The number of unbranched alkanes of at least 4 members (excludes halogenated alkanes) is 1. The molecule has 0 aliphatic carbocycles. The first-order valence-electron chi connectivity index (χ1n) is 6.25. The third-order valence-corrected chi connectivity index (χ3v) is 4.45. The van der Waals surface area contributed by atoms with Gasteiger partial charge in [0, 0.05) is 13.1 Å². The van der Waals surface area contributed by atoms with Gasteiger partial charge >= 0.3 is 0 Å². The quantitative estimate of drug-likeness (QED) is 0.767. The highest BCUT2D eigenvalue weighted by Gasteiger charge is 2.26. The minimum Gasteiger partial charge on any atom is -0.341 e. The molecule has 1 amide bonds. The molecule has 1 atom stereocenters. The monoisotopic (exact) mass is 262 g/mol. The van der Waals surface area contributed by atoms with E-state index in [0.717, 1.165) is 32.4 Å². The fraction of sp³-hybridized carbons (Fsp3) is 0.909. The number of rotatable bonds is 6. The summed E-state index contributed by atoms with van der Waals surface area (Å²) in [6, 6.07) is -0.644. The summed E-state index contributed by atoms with van der Waals surface area (Å²) < 4.78 is 25.7. The lowest BCUT2D eigenvalue weighted by Gasteiger charge is -2.21. The molecule has 6 heteroatoms. The largest absolute Gasteiger partial charge is 0.341 e. The van der Waals surface area contributed by atoms with E-state index in [-0.39, 0.29) is 11.7 Å². The molecule has 1 heterocycles. The highest BCUT2D eigenvalue weighted by molar-refractivity contribution is 7.89. The second-order valence-corrected chi connectivity index (χ2v) is 6.42. The smallest absolute Gasteiger partial charge is 0.240 e. The predicted octanol–water partition coefficient (Wildman–Crippen LogP) is 0.717. The maximum atomic E-state index is 11.9. The number of carbonyl (C=O) groups excluding carboxylic acids is 1. The number of carbonyl (C=O) groups is 1. The minimum absolute atomic E-state index is 0.0983. The number of nitrogens with one attached hydrogen (secondary N) is 1. The van der Waals surface area contributed by atoms with Crippen LogP contribution in [0.3, 0.4) is 0 Å². The van der Waals surface area contributed by atoms with Crippen LogP contribution >= 0.6 is 0 Å².